The Labute approximate surface area is 366 Å². The summed E-state index contributed by atoms with van der Waals surface area (Å²) in [6, 6.07) is 72.8. The van der Waals surface area contributed by atoms with Crippen LogP contribution >= 0.6 is 0 Å². The molecule has 0 bridgehead atoms. The molecule has 0 radical (unpaired) electrons. The second kappa shape index (κ2) is 16.9. The number of benzene rings is 9. The Morgan fingerprint density at radius 2 is 0.548 bits per heavy atom. The zero-order chi connectivity index (χ0) is 41.2. The highest BCUT2D eigenvalue weighted by atomic mass is 15.1. The van der Waals surface area contributed by atoms with Gasteiger partial charge in [0.2, 0.25) is 0 Å². The summed E-state index contributed by atoms with van der Waals surface area (Å²) in [5, 5.41) is 5.24. The molecule has 0 spiro atoms. The maximum atomic E-state index is 2.61. The van der Waals surface area contributed by atoms with Crippen molar-refractivity contribution in [1.82, 2.24) is 0 Å². The van der Waals surface area contributed by atoms with Crippen LogP contribution in [0.4, 0.5) is 11.4 Å². The van der Waals surface area contributed by atoms with E-state index in [9.17, 15) is 0 Å². The third kappa shape index (κ3) is 7.45. The van der Waals surface area contributed by atoms with Gasteiger partial charge in [0.05, 0.1) is 0 Å². The molecule has 2 aliphatic rings. The Morgan fingerprint density at radius 1 is 0.226 bits per heavy atom. The number of rotatable bonds is 8. The van der Waals surface area contributed by atoms with Gasteiger partial charge in [-0.2, -0.15) is 0 Å². The van der Waals surface area contributed by atoms with E-state index in [0.29, 0.717) is 0 Å². The van der Waals surface area contributed by atoms with Crippen LogP contribution in [0.5, 0.6) is 0 Å². The first-order valence-corrected chi connectivity index (χ1v) is 22.8. The molecule has 9 aromatic rings. The molecule has 2 heterocycles. The van der Waals surface area contributed by atoms with Gasteiger partial charge in [-0.1, -0.05) is 158 Å². The van der Waals surface area contributed by atoms with E-state index < -0.39 is 0 Å². The van der Waals surface area contributed by atoms with Gasteiger partial charge in [-0.3, -0.25) is 0 Å². The topological polar surface area (TPSA) is 6.48 Å². The minimum Gasteiger partial charge on any atom is -0.372 e. The highest BCUT2D eigenvalue weighted by Crippen LogP contribution is 2.47. The van der Waals surface area contributed by atoms with Gasteiger partial charge in [-0.05, 0) is 163 Å². The lowest BCUT2D eigenvalue weighted by atomic mass is 9.84. The van der Waals surface area contributed by atoms with Gasteiger partial charge in [-0.15, -0.1) is 0 Å². The van der Waals surface area contributed by atoms with Crippen molar-refractivity contribution in [1.29, 1.82) is 0 Å². The molecule has 0 atom stereocenters. The zero-order valence-electron chi connectivity index (χ0n) is 35.4. The fourth-order valence-electron chi connectivity index (χ4n) is 10.2. The SMILES string of the molecule is c1ccc(-c2ccc(-c3cccc(-c4c5ccc(N6CCCCC6)cc5c(-c5cccc(-c6ccc(-c7ccccc7)cc6)c5)c5ccc(N6CCCCC6)cc45)c3)cc2)cc1. The lowest BCUT2D eigenvalue weighted by molar-refractivity contribution is 0.578. The second-order valence-corrected chi connectivity index (χ2v) is 17.4. The summed E-state index contributed by atoms with van der Waals surface area (Å²) in [4.78, 5) is 5.22. The summed E-state index contributed by atoms with van der Waals surface area (Å²) in [6.45, 7) is 4.44. The summed E-state index contributed by atoms with van der Waals surface area (Å²) >= 11 is 0. The molecule has 0 aromatic heterocycles. The molecule has 0 saturated carbocycles. The summed E-state index contributed by atoms with van der Waals surface area (Å²) < 4.78 is 0. The van der Waals surface area contributed by atoms with Crippen LogP contribution in [0.2, 0.25) is 0 Å². The number of anilines is 2. The van der Waals surface area contributed by atoms with Crippen LogP contribution in [0.25, 0.3) is 88.3 Å². The van der Waals surface area contributed by atoms with Crippen LogP contribution in [0.3, 0.4) is 0 Å². The molecule has 11 rings (SSSR count). The van der Waals surface area contributed by atoms with Crippen LogP contribution in [0, 0.1) is 0 Å². The van der Waals surface area contributed by atoms with Crippen LogP contribution < -0.4 is 9.80 Å². The standard InChI is InChI=1S/C60H52N2/c1-5-15-43(16-6-1)45-23-27-47(28-24-45)49-19-13-21-51(39-49)59-55-33-31-54(62-37-11-4-12-38-62)42-58(55)60(56-34-32-53(41-57(56)59)61-35-9-3-10-36-61)52-22-14-20-50(40-52)48-29-25-46(26-30-48)44-17-7-2-8-18-44/h1-2,5-8,13-34,39-42H,3-4,9-12,35-38H2. The van der Waals surface area contributed by atoms with Gasteiger partial charge in [0.15, 0.2) is 0 Å². The van der Waals surface area contributed by atoms with E-state index in [1.54, 1.807) is 0 Å². The molecule has 0 unspecified atom stereocenters. The molecular formula is C60H52N2. The number of piperidine rings is 2. The summed E-state index contributed by atoms with van der Waals surface area (Å²) in [5.41, 5.74) is 17.7. The predicted molar refractivity (Wildman–Crippen MR) is 266 cm³/mol. The van der Waals surface area contributed by atoms with Gasteiger partial charge in [0.25, 0.3) is 0 Å². The average molecular weight is 801 g/mol. The van der Waals surface area contributed by atoms with Crippen molar-refractivity contribution in [3.05, 3.63) is 194 Å². The first-order valence-electron chi connectivity index (χ1n) is 22.8. The van der Waals surface area contributed by atoms with E-state index in [0.717, 1.165) is 26.2 Å². The average Bonchev–Trinajstić information content (AvgIpc) is 3.36. The van der Waals surface area contributed by atoms with Gasteiger partial charge in [0, 0.05) is 37.6 Å². The minimum atomic E-state index is 1.11. The molecule has 2 fully saturated rings. The summed E-state index contributed by atoms with van der Waals surface area (Å²) in [5.74, 6) is 0. The molecule has 302 valence electrons. The highest BCUT2D eigenvalue weighted by molar-refractivity contribution is 6.22. The summed E-state index contributed by atoms with van der Waals surface area (Å²) in [6.07, 6.45) is 7.62. The van der Waals surface area contributed by atoms with Crippen LogP contribution in [0.15, 0.2) is 194 Å². The van der Waals surface area contributed by atoms with Crippen LogP contribution in [-0.2, 0) is 0 Å². The predicted octanol–water partition coefficient (Wildman–Crippen LogP) is 16.0. The molecule has 0 amide bonds. The number of hydrogen-bond donors (Lipinski definition) is 0. The molecular weight excluding hydrogens is 749 g/mol. The number of hydrogen-bond acceptors (Lipinski definition) is 2. The van der Waals surface area contributed by atoms with Gasteiger partial charge >= 0.3 is 0 Å². The van der Waals surface area contributed by atoms with Crippen molar-refractivity contribution in [2.75, 3.05) is 36.0 Å². The second-order valence-electron chi connectivity index (χ2n) is 17.4. The largest absolute Gasteiger partial charge is 0.372 e. The lowest BCUT2D eigenvalue weighted by Crippen LogP contribution is -2.29. The molecule has 2 heteroatoms. The van der Waals surface area contributed by atoms with Gasteiger partial charge in [-0.25, -0.2) is 0 Å². The first-order chi connectivity index (χ1) is 30.7. The molecule has 2 saturated heterocycles. The molecule has 62 heavy (non-hydrogen) atoms. The zero-order valence-corrected chi connectivity index (χ0v) is 35.4. The maximum Gasteiger partial charge on any atom is 0.0372 e. The first kappa shape index (κ1) is 38.1. The van der Waals surface area contributed by atoms with Crippen molar-refractivity contribution in [3.63, 3.8) is 0 Å². The van der Waals surface area contributed by atoms with Crippen molar-refractivity contribution in [2.24, 2.45) is 0 Å². The Balaban J connectivity index is 1.11. The van der Waals surface area contributed by atoms with Crippen LogP contribution in [0.1, 0.15) is 38.5 Å². The monoisotopic (exact) mass is 800 g/mol. The van der Waals surface area contributed by atoms with Crippen molar-refractivity contribution in [2.45, 2.75) is 38.5 Å². The van der Waals surface area contributed by atoms with E-state index in [2.05, 4.69) is 204 Å². The van der Waals surface area contributed by atoms with Gasteiger partial charge in [0.1, 0.15) is 0 Å². The third-order valence-electron chi connectivity index (χ3n) is 13.5. The molecule has 9 aromatic carbocycles. The molecule has 0 N–H and O–H groups in total. The maximum absolute atomic E-state index is 2.61. The molecule has 2 nitrogen and oxygen atoms in total. The fraction of sp³-hybridized carbons (Fsp3) is 0.167. The normalized spacial score (nSPS) is 14.4. The Morgan fingerprint density at radius 3 is 0.935 bits per heavy atom. The van der Waals surface area contributed by atoms with E-state index in [4.69, 9.17) is 0 Å². The van der Waals surface area contributed by atoms with Gasteiger partial charge < -0.3 is 9.80 Å². The fourth-order valence-corrected chi connectivity index (χ4v) is 10.2. The number of fused-ring (bicyclic) bond motifs is 2. The number of nitrogens with zero attached hydrogens (tertiary/aromatic N) is 2. The molecule has 0 aliphatic carbocycles. The quantitative estimate of drug-likeness (QED) is 0.141. The highest BCUT2D eigenvalue weighted by Gasteiger charge is 2.22. The van der Waals surface area contributed by atoms with Crippen LogP contribution in [-0.4, -0.2) is 26.2 Å². The lowest BCUT2D eigenvalue weighted by Gasteiger charge is -2.30. The van der Waals surface area contributed by atoms with Crippen molar-refractivity contribution < 1.29 is 0 Å². The summed E-state index contributed by atoms with van der Waals surface area (Å²) in [7, 11) is 0. The van der Waals surface area contributed by atoms with E-state index in [1.807, 2.05) is 0 Å². The van der Waals surface area contributed by atoms with Crippen molar-refractivity contribution >= 4 is 32.9 Å². The smallest absolute Gasteiger partial charge is 0.0372 e. The third-order valence-corrected chi connectivity index (χ3v) is 13.5. The Hall–Kier alpha value is -6.90. The Kier molecular flexibility index (Phi) is 10.4. The van der Waals surface area contributed by atoms with Crippen molar-refractivity contribution in [3.8, 4) is 66.8 Å². The van der Waals surface area contributed by atoms with E-state index in [-0.39, 0.29) is 0 Å². The van der Waals surface area contributed by atoms with E-state index in [1.165, 1.54) is 138 Å². The molecule has 2 aliphatic heterocycles. The van der Waals surface area contributed by atoms with E-state index >= 15 is 0 Å². The Bertz CT molecular complexity index is 2780. The minimum absolute atomic E-state index is 1.11.